The first kappa shape index (κ1) is 12.3. The standard InChI is InChI=1S/C15H13FN4/c16-13-3-1-2-12(10-13)11-17-14-4-6-15(7-5-14)20-18-8-9-19-20/h1-10,17H,11H2. The fourth-order valence-electron chi connectivity index (χ4n) is 1.91. The minimum Gasteiger partial charge on any atom is -0.381 e. The minimum absolute atomic E-state index is 0.218. The van der Waals surface area contributed by atoms with Crippen molar-refractivity contribution in [1.82, 2.24) is 15.0 Å². The third-order valence-corrected chi connectivity index (χ3v) is 2.90. The summed E-state index contributed by atoms with van der Waals surface area (Å²) in [5, 5.41) is 11.4. The van der Waals surface area contributed by atoms with E-state index in [0.29, 0.717) is 6.54 Å². The van der Waals surface area contributed by atoms with Crippen molar-refractivity contribution in [2.45, 2.75) is 6.54 Å². The van der Waals surface area contributed by atoms with Crippen molar-refractivity contribution in [2.75, 3.05) is 5.32 Å². The van der Waals surface area contributed by atoms with Crippen molar-refractivity contribution >= 4 is 5.69 Å². The number of nitrogens with zero attached hydrogens (tertiary/aromatic N) is 3. The zero-order valence-electron chi connectivity index (χ0n) is 10.7. The monoisotopic (exact) mass is 268 g/mol. The summed E-state index contributed by atoms with van der Waals surface area (Å²) in [6.07, 6.45) is 3.27. The zero-order chi connectivity index (χ0) is 13.8. The molecule has 20 heavy (non-hydrogen) atoms. The summed E-state index contributed by atoms with van der Waals surface area (Å²) in [6, 6.07) is 14.3. The van der Waals surface area contributed by atoms with Crippen molar-refractivity contribution in [3.63, 3.8) is 0 Å². The van der Waals surface area contributed by atoms with Crippen LogP contribution < -0.4 is 5.32 Å². The Morgan fingerprint density at radius 3 is 2.45 bits per heavy atom. The van der Waals surface area contributed by atoms with Crippen LogP contribution in [0.25, 0.3) is 5.69 Å². The Morgan fingerprint density at radius 1 is 1.00 bits per heavy atom. The number of hydrogen-bond acceptors (Lipinski definition) is 3. The van der Waals surface area contributed by atoms with Crippen LogP contribution in [0.2, 0.25) is 0 Å². The summed E-state index contributed by atoms with van der Waals surface area (Å²) in [5.74, 6) is -0.218. The minimum atomic E-state index is -0.218. The Morgan fingerprint density at radius 2 is 1.75 bits per heavy atom. The highest BCUT2D eigenvalue weighted by Crippen LogP contribution is 2.13. The van der Waals surface area contributed by atoms with E-state index in [1.165, 1.54) is 12.1 Å². The molecule has 0 aliphatic rings. The first-order chi connectivity index (χ1) is 9.81. The lowest BCUT2D eigenvalue weighted by molar-refractivity contribution is 0.626. The lowest BCUT2D eigenvalue weighted by Crippen LogP contribution is -2.01. The van der Waals surface area contributed by atoms with Gasteiger partial charge in [-0.05, 0) is 42.0 Å². The fourth-order valence-corrected chi connectivity index (χ4v) is 1.91. The van der Waals surface area contributed by atoms with E-state index in [0.717, 1.165) is 16.9 Å². The lowest BCUT2D eigenvalue weighted by Gasteiger charge is -2.07. The smallest absolute Gasteiger partial charge is 0.123 e. The van der Waals surface area contributed by atoms with Crippen molar-refractivity contribution in [2.24, 2.45) is 0 Å². The molecule has 1 heterocycles. The van der Waals surface area contributed by atoms with E-state index in [-0.39, 0.29) is 5.82 Å². The van der Waals surface area contributed by atoms with Gasteiger partial charge in [-0.3, -0.25) is 0 Å². The van der Waals surface area contributed by atoms with E-state index in [1.807, 2.05) is 30.3 Å². The molecule has 1 aromatic heterocycles. The predicted octanol–water partition coefficient (Wildman–Crippen LogP) is 3.02. The quantitative estimate of drug-likeness (QED) is 0.791. The molecule has 0 aliphatic heterocycles. The molecule has 100 valence electrons. The van der Waals surface area contributed by atoms with Gasteiger partial charge in [0.05, 0.1) is 18.1 Å². The van der Waals surface area contributed by atoms with Crippen LogP contribution in [0.5, 0.6) is 0 Å². The molecular weight excluding hydrogens is 255 g/mol. The zero-order valence-corrected chi connectivity index (χ0v) is 10.7. The molecule has 0 saturated carbocycles. The van der Waals surface area contributed by atoms with Gasteiger partial charge in [0.1, 0.15) is 5.82 Å². The highest BCUT2D eigenvalue weighted by atomic mass is 19.1. The molecule has 0 saturated heterocycles. The summed E-state index contributed by atoms with van der Waals surface area (Å²) < 4.78 is 13.1. The van der Waals surface area contributed by atoms with E-state index in [4.69, 9.17) is 0 Å². The molecule has 4 nitrogen and oxygen atoms in total. The number of nitrogens with one attached hydrogen (secondary N) is 1. The molecule has 5 heteroatoms. The van der Waals surface area contributed by atoms with Gasteiger partial charge in [-0.25, -0.2) is 4.39 Å². The molecule has 3 aromatic rings. The SMILES string of the molecule is Fc1cccc(CNc2ccc(-n3nccn3)cc2)c1. The maximum atomic E-state index is 13.1. The normalized spacial score (nSPS) is 10.4. The van der Waals surface area contributed by atoms with Gasteiger partial charge in [0.15, 0.2) is 0 Å². The number of rotatable bonds is 4. The Kier molecular flexibility index (Phi) is 3.41. The maximum Gasteiger partial charge on any atom is 0.123 e. The number of hydrogen-bond donors (Lipinski definition) is 1. The summed E-state index contributed by atoms with van der Waals surface area (Å²) in [4.78, 5) is 1.55. The number of halogens is 1. The molecule has 0 amide bonds. The van der Waals surface area contributed by atoms with Gasteiger partial charge < -0.3 is 5.32 Å². The summed E-state index contributed by atoms with van der Waals surface area (Å²) in [5.41, 5.74) is 2.76. The molecule has 0 bridgehead atoms. The molecule has 0 aliphatic carbocycles. The van der Waals surface area contributed by atoms with Crippen molar-refractivity contribution in [3.8, 4) is 5.69 Å². The molecule has 0 spiro atoms. The molecule has 0 fully saturated rings. The second-order valence-corrected chi connectivity index (χ2v) is 4.35. The first-order valence-electron chi connectivity index (χ1n) is 6.26. The highest BCUT2D eigenvalue weighted by Gasteiger charge is 1.99. The molecule has 3 rings (SSSR count). The summed E-state index contributed by atoms with van der Waals surface area (Å²) >= 11 is 0. The second-order valence-electron chi connectivity index (χ2n) is 4.35. The van der Waals surface area contributed by atoms with E-state index in [2.05, 4.69) is 15.5 Å². The van der Waals surface area contributed by atoms with Crippen molar-refractivity contribution in [1.29, 1.82) is 0 Å². The fraction of sp³-hybridized carbons (Fsp3) is 0.0667. The van der Waals surface area contributed by atoms with Crippen molar-refractivity contribution < 1.29 is 4.39 Å². The number of anilines is 1. The average molecular weight is 268 g/mol. The second kappa shape index (κ2) is 5.52. The van der Waals surface area contributed by atoms with Crippen LogP contribution >= 0.6 is 0 Å². The molecule has 2 aromatic carbocycles. The van der Waals surface area contributed by atoms with Gasteiger partial charge in [-0.15, -0.1) is 0 Å². The van der Waals surface area contributed by atoms with Crippen LogP contribution in [0.4, 0.5) is 10.1 Å². The van der Waals surface area contributed by atoms with Gasteiger partial charge in [-0.2, -0.15) is 15.0 Å². The largest absolute Gasteiger partial charge is 0.381 e. The predicted molar refractivity (Wildman–Crippen MR) is 75.1 cm³/mol. The molecule has 0 atom stereocenters. The lowest BCUT2D eigenvalue weighted by atomic mass is 10.2. The van der Waals surface area contributed by atoms with Crippen LogP contribution in [0.3, 0.4) is 0 Å². The Hall–Kier alpha value is -2.69. The van der Waals surface area contributed by atoms with Gasteiger partial charge in [0.25, 0.3) is 0 Å². The molecular formula is C15H13FN4. The summed E-state index contributed by atoms with van der Waals surface area (Å²) in [6.45, 7) is 0.580. The summed E-state index contributed by atoms with van der Waals surface area (Å²) in [7, 11) is 0. The van der Waals surface area contributed by atoms with Crippen LogP contribution in [0, 0.1) is 5.82 Å². The third kappa shape index (κ3) is 2.83. The van der Waals surface area contributed by atoms with Crippen LogP contribution in [0.15, 0.2) is 60.9 Å². The maximum absolute atomic E-state index is 13.1. The van der Waals surface area contributed by atoms with E-state index in [1.54, 1.807) is 23.3 Å². The first-order valence-corrected chi connectivity index (χ1v) is 6.26. The Balaban J connectivity index is 1.67. The van der Waals surface area contributed by atoms with Gasteiger partial charge in [-0.1, -0.05) is 12.1 Å². The van der Waals surface area contributed by atoms with Gasteiger partial charge >= 0.3 is 0 Å². The Bertz CT molecular complexity index is 677. The van der Waals surface area contributed by atoms with Crippen LogP contribution in [0.1, 0.15) is 5.56 Å². The number of aromatic nitrogens is 3. The van der Waals surface area contributed by atoms with E-state index >= 15 is 0 Å². The molecule has 0 radical (unpaired) electrons. The topological polar surface area (TPSA) is 42.7 Å². The Labute approximate surface area is 115 Å². The number of benzene rings is 2. The molecule has 1 N–H and O–H groups in total. The van der Waals surface area contributed by atoms with Crippen LogP contribution in [-0.2, 0) is 6.54 Å². The van der Waals surface area contributed by atoms with E-state index in [9.17, 15) is 4.39 Å². The average Bonchev–Trinajstić information content (AvgIpc) is 3.00. The third-order valence-electron chi connectivity index (χ3n) is 2.90. The van der Waals surface area contributed by atoms with Gasteiger partial charge in [0.2, 0.25) is 0 Å². The van der Waals surface area contributed by atoms with E-state index < -0.39 is 0 Å². The van der Waals surface area contributed by atoms with Gasteiger partial charge in [0, 0.05) is 12.2 Å². The van der Waals surface area contributed by atoms with Crippen LogP contribution in [-0.4, -0.2) is 15.0 Å². The molecule has 0 unspecified atom stereocenters. The van der Waals surface area contributed by atoms with Crippen molar-refractivity contribution in [3.05, 3.63) is 72.3 Å². The highest BCUT2D eigenvalue weighted by molar-refractivity contribution is 5.48.